The first-order valence-electron chi connectivity index (χ1n) is 5.67. The Morgan fingerprint density at radius 1 is 1.35 bits per heavy atom. The van der Waals surface area contributed by atoms with E-state index in [0.717, 1.165) is 19.4 Å². The van der Waals surface area contributed by atoms with Gasteiger partial charge in [-0.15, -0.1) is 12.4 Å². The Balaban J connectivity index is 0.00000144. The molecule has 1 N–H and O–H groups in total. The quantitative estimate of drug-likeness (QED) is 0.825. The minimum Gasteiger partial charge on any atom is -0.469 e. The second-order valence-electron chi connectivity index (χ2n) is 4.16. The third kappa shape index (κ3) is 3.45. The van der Waals surface area contributed by atoms with Crippen molar-refractivity contribution in [3.63, 3.8) is 0 Å². The van der Waals surface area contributed by atoms with Crippen molar-refractivity contribution in [1.82, 2.24) is 5.32 Å². The van der Waals surface area contributed by atoms with Crippen LogP contribution in [0.1, 0.15) is 24.4 Å². The lowest BCUT2D eigenvalue weighted by atomic mass is 9.89. The maximum atomic E-state index is 11.5. The van der Waals surface area contributed by atoms with E-state index in [1.807, 2.05) is 18.2 Å². The zero-order valence-corrected chi connectivity index (χ0v) is 10.7. The largest absolute Gasteiger partial charge is 0.469 e. The second kappa shape index (κ2) is 6.62. The number of rotatable bonds is 2. The highest BCUT2D eigenvalue weighted by molar-refractivity contribution is 5.85. The van der Waals surface area contributed by atoms with Crippen LogP contribution in [0.2, 0.25) is 0 Å². The molecule has 94 valence electrons. The molecular weight excluding hydrogens is 238 g/mol. The first-order chi connectivity index (χ1) is 7.81. The first kappa shape index (κ1) is 14.0. The van der Waals surface area contributed by atoms with Gasteiger partial charge in [0.25, 0.3) is 0 Å². The van der Waals surface area contributed by atoms with Crippen molar-refractivity contribution in [3.05, 3.63) is 35.9 Å². The van der Waals surface area contributed by atoms with E-state index in [1.165, 1.54) is 12.7 Å². The Labute approximate surface area is 108 Å². The molecule has 0 aliphatic carbocycles. The Bertz CT molecular complexity index is 356. The molecule has 4 heteroatoms. The normalized spacial score (nSPS) is 23.6. The topological polar surface area (TPSA) is 38.3 Å². The molecule has 0 saturated carbocycles. The van der Waals surface area contributed by atoms with Crippen LogP contribution in [0.3, 0.4) is 0 Å². The summed E-state index contributed by atoms with van der Waals surface area (Å²) in [6.07, 6.45) is 1.70. The molecule has 1 saturated heterocycles. The molecule has 17 heavy (non-hydrogen) atoms. The number of carbonyl (C=O) groups is 1. The monoisotopic (exact) mass is 255 g/mol. The van der Waals surface area contributed by atoms with E-state index < -0.39 is 0 Å². The van der Waals surface area contributed by atoms with Crippen molar-refractivity contribution in [2.24, 2.45) is 5.92 Å². The molecule has 0 amide bonds. The minimum absolute atomic E-state index is 0. The van der Waals surface area contributed by atoms with Gasteiger partial charge in [0.05, 0.1) is 13.0 Å². The summed E-state index contributed by atoms with van der Waals surface area (Å²) >= 11 is 0. The van der Waals surface area contributed by atoms with Crippen molar-refractivity contribution in [3.8, 4) is 0 Å². The fourth-order valence-electron chi connectivity index (χ4n) is 2.24. The number of carbonyl (C=O) groups excluding carboxylic acids is 1. The van der Waals surface area contributed by atoms with Gasteiger partial charge in [-0.3, -0.25) is 4.79 Å². The van der Waals surface area contributed by atoms with Crippen LogP contribution in [0, 0.1) is 5.92 Å². The fraction of sp³-hybridized carbons (Fsp3) is 0.462. The molecule has 0 unspecified atom stereocenters. The van der Waals surface area contributed by atoms with E-state index in [1.54, 1.807) is 0 Å². The molecule has 1 fully saturated rings. The van der Waals surface area contributed by atoms with Crippen LogP contribution in [0.5, 0.6) is 0 Å². The summed E-state index contributed by atoms with van der Waals surface area (Å²) in [6, 6.07) is 10.5. The van der Waals surface area contributed by atoms with Gasteiger partial charge in [0, 0.05) is 6.04 Å². The SMILES string of the molecule is COC(=O)[C@@H]1CCN[C@H](c2ccccc2)C1.Cl. The lowest BCUT2D eigenvalue weighted by molar-refractivity contribution is -0.146. The molecule has 1 aromatic rings. The summed E-state index contributed by atoms with van der Waals surface area (Å²) in [5.74, 6) is -0.0427. The lowest BCUT2D eigenvalue weighted by Gasteiger charge is -2.29. The van der Waals surface area contributed by atoms with Crippen LogP contribution in [0.25, 0.3) is 0 Å². The summed E-state index contributed by atoms with van der Waals surface area (Å²) < 4.78 is 4.81. The van der Waals surface area contributed by atoms with Gasteiger partial charge in [0.2, 0.25) is 0 Å². The van der Waals surface area contributed by atoms with E-state index in [9.17, 15) is 4.79 Å². The Hall–Kier alpha value is -1.06. The highest BCUT2D eigenvalue weighted by atomic mass is 35.5. The number of methoxy groups -OCH3 is 1. The molecule has 1 aliphatic heterocycles. The molecule has 2 atom stereocenters. The molecule has 1 aromatic carbocycles. The summed E-state index contributed by atoms with van der Waals surface area (Å²) in [7, 11) is 1.46. The molecule has 2 rings (SSSR count). The van der Waals surface area contributed by atoms with Crippen LogP contribution in [0.15, 0.2) is 30.3 Å². The smallest absolute Gasteiger partial charge is 0.308 e. The van der Waals surface area contributed by atoms with E-state index >= 15 is 0 Å². The third-order valence-corrected chi connectivity index (χ3v) is 3.14. The maximum Gasteiger partial charge on any atom is 0.308 e. The third-order valence-electron chi connectivity index (χ3n) is 3.14. The summed E-state index contributed by atoms with van der Waals surface area (Å²) in [5.41, 5.74) is 1.25. The van der Waals surface area contributed by atoms with E-state index in [2.05, 4.69) is 17.4 Å². The predicted octanol–water partition coefficient (Wildman–Crippen LogP) is 2.32. The fourth-order valence-corrected chi connectivity index (χ4v) is 2.24. The molecule has 0 bridgehead atoms. The molecule has 1 heterocycles. The van der Waals surface area contributed by atoms with Gasteiger partial charge in [0.1, 0.15) is 0 Å². The number of piperidine rings is 1. The molecule has 0 radical (unpaired) electrons. The van der Waals surface area contributed by atoms with Crippen molar-refractivity contribution in [1.29, 1.82) is 0 Å². The van der Waals surface area contributed by atoms with Gasteiger partial charge in [-0.25, -0.2) is 0 Å². The highest BCUT2D eigenvalue weighted by Crippen LogP contribution is 2.27. The van der Waals surface area contributed by atoms with Crippen LogP contribution >= 0.6 is 12.4 Å². The number of halogens is 1. The molecular formula is C13H18ClNO2. The number of hydrogen-bond acceptors (Lipinski definition) is 3. The Morgan fingerprint density at radius 2 is 2.06 bits per heavy atom. The van der Waals surface area contributed by atoms with Crippen LogP contribution < -0.4 is 5.32 Å². The summed E-state index contributed by atoms with van der Waals surface area (Å²) in [4.78, 5) is 11.5. The summed E-state index contributed by atoms with van der Waals surface area (Å²) in [5, 5.41) is 3.44. The van der Waals surface area contributed by atoms with E-state index in [0.29, 0.717) is 0 Å². The Morgan fingerprint density at radius 3 is 2.71 bits per heavy atom. The zero-order valence-electron chi connectivity index (χ0n) is 9.89. The lowest BCUT2D eigenvalue weighted by Crippen LogP contribution is -2.35. The second-order valence-corrected chi connectivity index (χ2v) is 4.16. The van der Waals surface area contributed by atoms with Gasteiger partial charge < -0.3 is 10.1 Å². The van der Waals surface area contributed by atoms with Gasteiger partial charge >= 0.3 is 5.97 Å². The van der Waals surface area contributed by atoms with Crippen molar-refractivity contribution >= 4 is 18.4 Å². The molecule has 0 spiro atoms. The number of hydrogen-bond donors (Lipinski definition) is 1. The average molecular weight is 256 g/mol. The molecule has 3 nitrogen and oxygen atoms in total. The number of ether oxygens (including phenoxy) is 1. The van der Waals surface area contributed by atoms with Crippen molar-refractivity contribution in [2.75, 3.05) is 13.7 Å². The average Bonchev–Trinajstić information content (AvgIpc) is 2.39. The van der Waals surface area contributed by atoms with E-state index in [4.69, 9.17) is 4.74 Å². The van der Waals surface area contributed by atoms with E-state index in [-0.39, 0.29) is 30.3 Å². The van der Waals surface area contributed by atoms with Gasteiger partial charge in [0.15, 0.2) is 0 Å². The first-order valence-corrected chi connectivity index (χ1v) is 5.67. The summed E-state index contributed by atoms with van der Waals surface area (Å²) in [6.45, 7) is 0.874. The van der Waals surface area contributed by atoms with Crippen LogP contribution in [-0.2, 0) is 9.53 Å². The minimum atomic E-state index is -0.0811. The Kier molecular flexibility index (Phi) is 5.45. The molecule has 1 aliphatic rings. The number of nitrogens with one attached hydrogen (secondary N) is 1. The van der Waals surface area contributed by atoms with Gasteiger partial charge in [-0.05, 0) is 24.9 Å². The zero-order chi connectivity index (χ0) is 11.4. The maximum absolute atomic E-state index is 11.5. The van der Waals surface area contributed by atoms with Gasteiger partial charge in [-0.1, -0.05) is 30.3 Å². The van der Waals surface area contributed by atoms with Gasteiger partial charge in [-0.2, -0.15) is 0 Å². The number of benzene rings is 1. The predicted molar refractivity (Wildman–Crippen MR) is 69.2 cm³/mol. The standard InChI is InChI=1S/C13H17NO2.ClH/c1-16-13(15)11-7-8-14-12(9-11)10-5-3-2-4-6-10;/h2-6,11-12,14H,7-9H2,1H3;1H/t11-,12+;/m1./s1. The van der Waals surface area contributed by atoms with Crippen molar-refractivity contribution < 1.29 is 9.53 Å². The van der Waals surface area contributed by atoms with Crippen LogP contribution in [-0.4, -0.2) is 19.6 Å². The van der Waals surface area contributed by atoms with Crippen molar-refractivity contribution in [2.45, 2.75) is 18.9 Å². The highest BCUT2D eigenvalue weighted by Gasteiger charge is 2.28. The molecule has 0 aromatic heterocycles. The van der Waals surface area contributed by atoms with Crippen LogP contribution in [0.4, 0.5) is 0 Å². The number of esters is 1.